The van der Waals surface area contributed by atoms with Gasteiger partial charge in [0.15, 0.2) is 5.41 Å². The van der Waals surface area contributed by atoms with Crippen LogP contribution >= 0.6 is 0 Å². The highest BCUT2D eigenvalue weighted by atomic mass is 16.6. The van der Waals surface area contributed by atoms with Gasteiger partial charge in [0, 0.05) is 0 Å². The number of primary amides is 1. The Bertz CT molecular complexity index is 619. The van der Waals surface area contributed by atoms with Crippen LogP contribution in [-0.4, -0.2) is 29.1 Å². The Morgan fingerprint density at radius 1 is 0.886 bits per heavy atom. The van der Waals surface area contributed by atoms with Crippen molar-refractivity contribution in [1.82, 2.24) is 0 Å². The van der Waals surface area contributed by atoms with Crippen LogP contribution < -0.4 is 5.73 Å². The number of hydrogen-bond donors (Lipinski definition) is 2. The van der Waals surface area contributed by atoms with Crippen molar-refractivity contribution >= 4 is 17.8 Å². The SMILES string of the molecule is CCCCCCCCCCCCCCCCC[C@@H](C[C@H]1OC(=O)[C@@H]1C)[C@@](C(N)=O)(C(=O)O)C(C)C. The van der Waals surface area contributed by atoms with Gasteiger partial charge in [0.2, 0.25) is 5.91 Å². The number of aliphatic carboxylic acids is 1. The number of carboxylic acid groups (broad SMARTS) is 1. The highest BCUT2D eigenvalue weighted by Crippen LogP contribution is 2.44. The maximum Gasteiger partial charge on any atom is 0.319 e. The van der Waals surface area contributed by atoms with Gasteiger partial charge in [0.1, 0.15) is 6.10 Å². The van der Waals surface area contributed by atoms with Gasteiger partial charge in [-0.25, -0.2) is 0 Å². The summed E-state index contributed by atoms with van der Waals surface area (Å²) in [7, 11) is 0. The predicted molar refractivity (Wildman–Crippen MR) is 141 cm³/mol. The lowest BCUT2D eigenvalue weighted by Gasteiger charge is -2.42. The smallest absolute Gasteiger partial charge is 0.319 e. The molecule has 1 fully saturated rings. The molecule has 0 radical (unpaired) electrons. The lowest BCUT2D eigenvalue weighted by molar-refractivity contribution is -0.187. The molecule has 6 nitrogen and oxygen atoms in total. The van der Waals surface area contributed by atoms with E-state index in [1.165, 1.54) is 77.0 Å². The third-order valence-corrected chi connectivity index (χ3v) is 8.19. The number of carboxylic acids is 1. The van der Waals surface area contributed by atoms with Gasteiger partial charge in [-0.3, -0.25) is 14.4 Å². The fraction of sp³-hybridized carbons (Fsp3) is 0.897. The molecule has 0 unspecified atom stereocenters. The van der Waals surface area contributed by atoms with Crippen LogP contribution in [0.4, 0.5) is 0 Å². The number of unbranched alkanes of at least 4 members (excludes halogenated alkanes) is 14. The van der Waals surface area contributed by atoms with Crippen molar-refractivity contribution in [2.24, 2.45) is 28.9 Å². The van der Waals surface area contributed by atoms with Gasteiger partial charge in [-0.1, -0.05) is 117 Å². The molecule has 1 heterocycles. The van der Waals surface area contributed by atoms with E-state index in [-0.39, 0.29) is 18.0 Å². The van der Waals surface area contributed by atoms with Crippen LogP contribution in [0.25, 0.3) is 0 Å². The van der Waals surface area contributed by atoms with E-state index in [9.17, 15) is 19.5 Å². The highest BCUT2D eigenvalue weighted by molar-refractivity contribution is 6.01. The van der Waals surface area contributed by atoms with E-state index in [1.807, 2.05) is 0 Å². The second-order valence-corrected chi connectivity index (χ2v) is 11.1. The van der Waals surface area contributed by atoms with Gasteiger partial charge >= 0.3 is 11.9 Å². The topological polar surface area (TPSA) is 107 Å². The van der Waals surface area contributed by atoms with Gasteiger partial charge in [-0.15, -0.1) is 0 Å². The summed E-state index contributed by atoms with van der Waals surface area (Å²) in [5, 5.41) is 10.1. The molecular formula is C29H53NO5. The normalized spacial score (nSPS) is 20.2. The standard InChI is InChI=1S/C29H53NO5/c1-5-6-7-8-9-10-11-12-13-14-15-16-17-18-19-20-24(21-25-23(4)26(31)35-25)29(22(2)3,27(30)32)28(33)34/h22-25H,5-21H2,1-4H3,(H2,30,32)(H,33,34)/t23-,24+,25-,29+/m1/s1. The molecule has 0 bridgehead atoms. The summed E-state index contributed by atoms with van der Waals surface area (Å²) in [4.78, 5) is 36.4. The molecule has 0 aromatic carbocycles. The number of hydrogen-bond acceptors (Lipinski definition) is 4. The fourth-order valence-corrected chi connectivity index (χ4v) is 5.75. The molecule has 0 aromatic rings. The predicted octanol–water partition coefficient (Wildman–Crippen LogP) is 7.03. The number of esters is 1. The van der Waals surface area contributed by atoms with Crippen molar-refractivity contribution in [2.75, 3.05) is 0 Å². The van der Waals surface area contributed by atoms with E-state index in [1.54, 1.807) is 20.8 Å². The van der Waals surface area contributed by atoms with Gasteiger partial charge in [0.05, 0.1) is 5.92 Å². The first-order chi connectivity index (χ1) is 16.7. The number of rotatable bonds is 22. The summed E-state index contributed by atoms with van der Waals surface area (Å²) in [5.41, 5.74) is 4.06. The molecular weight excluding hydrogens is 442 g/mol. The first-order valence-corrected chi connectivity index (χ1v) is 14.4. The van der Waals surface area contributed by atoms with Gasteiger partial charge < -0.3 is 15.6 Å². The van der Waals surface area contributed by atoms with E-state index in [0.717, 1.165) is 19.3 Å². The lowest BCUT2D eigenvalue weighted by atomic mass is 9.63. The van der Waals surface area contributed by atoms with Crippen molar-refractivity contribution in [2.45, 2.75) is 143 Å². The average Bonchev–Trinajstić information content (AvgIpc) is 2.80. The van der Waals surface area contributed by atoms with Crippen molar-refractivity contribution in [3.63, 3.8) is 0 Å². The van der Waals surface area contributed by atoms with E-state index in [4.69, 9.17) is 10.5 Å². The van der Waals surface area contributed by atoms with E-state index >= 15 is 0 Å². The summed E-state index contributed by atoms with van der Waals surface area (Å²) < 4.78 is 5.26. The summed E-state index contributed by atoms with van der Waals surface area (Å²) >= 11 is 0. The molecule has 3 N–H and O–H groups in total. The van der Waals surface area contributed by atoms with Crippen LogP contribution in [0.5, 0.6) is 0 Å². The minimum Gasteiger partial charge on any atom is -0.480 e. The zero-order valence-electron chi connectivity index (χ0n) is 23.0. The molecule has 0 aliphatic carbocycles. The molecule has 204 valence electrons. The molecule has 0 aromatic heterocycles. The molecule has 1 aliphatic rings. The molecule has 1 amide bonds. The molecule has 0 spiro atoms. The third kappa shape index (κ3) is 9.76. The Balaban J connectivity index is 2.36. The minimum atomic E-state index is -1.64. The number of nitrogens with two attached hydrogens (primary N) is 1. The number of carbonyl (C=O) groups excluding carboxylic acids is 2. The molecule has 1 saturated heterocycles. The van der Waals surface area contributed by atoms with Crippen LogP contribution in [0, 0.1) is 23.2 Å². The molecule has 4 atom stereocenters. The zero-order valence-corrected chi connectivity index (χ0v) is 23.0. The summed E-state index contributed by atoms with van der Waals surface area (Å²) in [5.74, 6) is -3.35. The molecule has 35 heavy (non-hydrogen) atoms. The summed E-state index contributed by atoms with van der Waals surface area (Å²) in [6.07, 6.45) is 19.6. The van der Waals surface area contributed by atoms with Gasteiger partial charge in [-0.2, -0.15) is 0 Å². The second-order valence-electron chi connectivity index (χ2n) is 11.1. The van der Waals surface area contributed by atoms with Crippen molar-refractivity contribution < 1.29 is 24.2 Å². The minimum absolute atomic E-state index is 0.259. The fourth-order valence-electron chi connectivity index (χ4n) is 5.75. The van der Waals surface area contributed by atoms with Crippen molar-refractivity contribution in [1.29, 1.82) is 0 Å². The van der Waals surface area contributed by atoms with E-state index < -0.39 is 29.1 Å². The van der Waals surface area contributed by atoms with Crippen molar-refractivity contribution in [3.05, 3.63) is 0 Å². The number of ether oxygens (including phenoxy) is 1. The zero-order chi connectivity index (χ0) is 26.3. The third-order valence-electron chi connectivity index (χ3n) is 8.19. The van der Waals surface area contributed by atoms with E-state index in [2.05, 4.69) is 6.92 Å². The monoisotopic (exact) mass is 495 g/mol. The van der Waals surface area contributed by atoms with Crippen LogP contribution in [0.1, 0.15) is 137 Å². The average molecular weight is 496 g/mol. The summed E-state index contributed by atoms with van der Waals surface area (Å²) in [6.45, 7) is 7.54. The first kappa shape index (κ1) is 31.4. The summed E-state index contributed by atoms with van der Waals surface area (Å²) in [6, 6.07) is 0. The highest BCUT2D eigenvalue weighted by Gasteiger charge is 2.55. The number of amides is 1. The maximum absolute atomic E-state index is 12.5. The van der Waals surface area contributed by atoms with Crippen LogP contribution in [0.2, 0.25) is 0 Å². The Hall–Kier alpha value is -1.59. The molecule has 1 aliphatic heterocycles. The van der Waals surface area contributed by atoms with E-state index in [0.29, 0.717) is 12.8 Å². The van der Waals surface area contributed by atoms with Crippen LogP contribution in [-0.2, 0) is 19.1 Å². The van der Waals surface area contributed by atoms with Crippen LogP contribution in [0.15, 0.2) is 0 Å². The Labute approximate surface area is 214 Å². The number of carbonyl (C=O) groups is 3. The van der Waals surface area contributed by atoms with Gasteiger partial charge in [-0.05, 0) is 31.6 Å². The maximum atomic E-state index is 12.5. The Morgan fingerprint density at radius 2 is 1.31 bits per heavy atom. The first-order valence-electron chi connectivity index (χ1n) is 14.4. The second kappa shape index (κ2) is 17.0. The van der Waals surface area contributed by atoms with Gasteiger partial charge in [0.25, 0.3) is 0 Å². The molecule has 1 rings (SSSR count). The lowest BCUT2D eigenvalue weighted by Crippen LogP contribution is -2.55. The quantitative estimate of drug-likeness (QED) is 0.0952. The molecule has 6 heteroatoms. The number of cyclic esters (lactones) is 1. The molecule has 0 saturated carbocycles. The Kier molecular flexibility index (Phi) is 15.2. The largest absolute Gasteiger partial charge is 0.480 e. The Morgan fingerprint density at radius 3 is 1.63 bits per heavy atom. The van der Waals surface area contributed by atoms with Crippen molar-refractivity contribution in [3.8, 4) is 0 Å². The van der Waals surface area contributed by atoms with Crippen LogP contribution in [0.3, 0.4) is 0 Å².